The normalized spacial score (nSPS) is 17.6. The Labute approximate surface area is 177 Å². The summed E-state index contributed by atoms with van der Waals surface area (Å²) < 4.78 is 6.79. The van der Waals surface area contributed by atoms with Crippen LogP contribution < -0.4 is 0 Å². The Hall–Kier alpha value is -2.85. The van der Waals surface area contributed by atoms with Crippen molar-refractivity contribution in [1.82, 2.24) is 4.90 Å². The molecule has 1 heterocycles. The largest absolute Gasteiger partial charge is 0.446 e. The Bertz CT molecular complexity index is 1200. The van der Waals surface area contributed by atoms with Crippen molar-refractivity contribution in [2.75, 3.05) is 40.3 Å². The summed E-state index contributed by atoms with van der Waals surface area (Å²) in [5.74, 6) is 0. The minimum absolute atomic E-state index is 0.166. The number of hydrogen-bond donors (Lipinski definition) is 0. The number of likely N-dealkylation sites (N-methyl/N-ethyl adjacent to an activating group) is 1. The summed E-state index contributed by atoms with van der Waals surface area (Å²) in [7, 11) is 4.42. The topological polar surface area (TPSA) is 29.5 Å². The van der Waals surface area contributed by atoms with Gasteiger partial charge in [-0.2, -0.15) is 0 Å². The third-order valence-corrected chi connectivity index (χ3v) is 6.64. The molecule has 4 aromatic carbocycles. The van der Waals surface area contributed by atoms with Gasteiger partial charge < -0.3 is 9.22 Å². The second kappa shape index (κ2) is 7.13. The van der Waals surface area contributed by atoms with Crippen LogP contribution in [0.4, 0.5) is 4.79 Å². The highest BCUT2D eigenvalue weighted by Crippen LogP contribution is 2.36. The van der Waals surface area contributed by atoms with Gasteiger partial charge in [0.05, 0.1) is 40.3 Å². The molecule has 0 radical (unpaired) electrons. The predicted octanol–water partition coefficient (Wildman–Crippen LogP) is 5.04. The van der Waals surface area contributed by atoms with E-state index in [2.05, 4.69) is 68.7 Å². The van der Waals surface area contributed by atoms with Crippen molar-refractivity contribution < 1.29 is 14.0 Å². The van der Waals surface area contributed by atoms with Gasteiger partial charge in [-0.15, -0.1) is 0 Å². The van der Waals surface area contributed by atoms with Crippen molar-refractivity contribution >= 4 is 38.4 Å². The van der Waals surface area contributed by atoms with E-state index >= 15 is 0 Å². The van der Waals surface area contributed by atoms with Crippen LogP contribution in [0.5, 0.6) is 0 Å². The smallest absolute Gasteiger partial charge is 0.410 e. The molecule has 30 heavy (non-hydrogen) atoms. The van der Waals surface area contributed by atoms with Crippen molar-refractivity contribution in [3.63, 3.8) is 0 Å². The number of quaternary nitrogens is 1. The number of rotatable bonds is 3. The predicted molar refractivity (Wildman–Crippen MR) is 123 cm³/mol. The molecule has 5 rings (SSSR count). The van der Waals surface area contributed by atoms with E-state index in [-0.39, 0.29) is 12.2 Å². The molecular weight excluding hydrogens is 372 g/mol. The molecule has 1 aliphatic rings. The summed E-state index contributed by atoms with van der Waals surface area (Å²) in [6, 6.07) is 19.7. The molecule has 1 amide bonds. The maximum atomic E-state index is 12.6. The van der Waals surface area contributed by atoms with Gasteiger partial charge in [0.25, 0.3) is 0 Å². The summed E-state index contributed by atoms with van der Waals surface area (Å²) in [5, 5.41) is 7.71. The van der Waals surface area contributed by atoms with Crippen molar-refractivity contribution in [1.29, 1.82) is 0 Å². The van der Waals surface area contributed by atoms with E-state index in [1.54, 1.807) is 0 Å². The van der Waals surface area contributed by atoms with Crippen LogP contribution in [0.1, 0.15) is 12.5 Å². The fourth-order valence-corrected chi connectivity index (χ4v) is 4.76. The van der Waals surface area contributed by atoms with Crippen LogP contribution >= 0.6 is 0 Å². The van der Waals surface area contributed by atoms with Gasteiger partial charge in [-0.3, -0.25) is 4.90 Å². The van der Waals surface area contributed by atoms with Gasteiger partial charge in [-0.1, -0.05) is 54.6 Å². The highest BCUT2D eigenvalue weighted by Gasteiger charge is 2.29. The van der Waals surface area contributed by atoms with Gasteiger partial charge in [0.2, 0.25) is 0 Å². The Morgan fingerprint density at radius 3 is 2.23 bits per heavy atom. The number of ether oxygens (including phenoxy) is 1. The lowest BCUT2D eigenvalue weighted by molar-refractivity contribution is -0.894. The number of amides is 1. The molecule has 1 atom stereocenters. The molecule has 1 aliphatic heterocycles. The summed E-state index contributed by atoms with van der Waals surface area (Å²) >= 11 is 0. The maximum Gasteiger partial charge on any atom is 0.410 e. The third-order valence-electron chi connectivity index (χ3n) is 6.64. The molecule has 4 aromatic rings. The van der Waals surface area contributed by atoms with Gasteiger partial charge >= 0.3 is 6.09 Å². The number of nitrogens with zero attached hydrogens (tertiary/aromatic N) is 2. The second-order valence-corrected chi connectivity index (χ2v) is 9.35. The van der Waals surface area contributed by atoms with E-state index in [9.17, 15) is 4.79 Å². The lowest BCUT2D eigenvalue weighted by Crippen LogP contribution is -2.56. The Balaban J connectivity index is 1.39. The van der Waals surface area contributed by atoms with E-state index < -0.39 is 0 Å². The maximum absolute atomic E-state index is 12.6. The molecule has 4 heteroatoms. The first-order chi connectivity index (χ1) is 14.4. The zero-order chi connectivity index (χ0) is 20.9. The van der Waals surface area contributed by atoms with Crippen molar-refractivity contribution in [3.05, 3.63) is 60.2 Å². The van der Waals surface area contributed by atoms with Gasteiger partial charge in [0, 0.05) is 6.42 Å². The number of piperazine rings is 1. The quantitative estimate of drug-likeness (QED) is 0.355. The van der Waals surface area contributed by atoms with E-state index in [0.29, 0.717) is 0 Å². The van der Waals surface area contributed by atoms with Gasteiger partial charge in [-0.25, -0.2) is 4.79 Å². The van der Waals surface area contributed by atoms with Crippen LogP contribution in [0.25, 0.3) is 32.3 Å². The summed E-state index contributed by atoms with van der Waals surface area (Å²) in [6.45, 7) is 5.46. The number of carbonyl (C=O) groups is 1. The molecule has 154 valence electrons. The molecule has 0 saturated carbocycles. The van der Waals surface area contributed by atoms with Crippen molar-refractivity contribution in [2.45, 2.75) is 19.4 Å². The van der Waals surface area contributed by atoms with Gasteiger partial charge in [0.1, 0.15) is 6.10 Å². The average molecular weight is 402 g/mol. The molecule has 1 fully saturated rings. The monoisotopic (exact) mass is 401 g/mol. The zero-order valence-electron chi connectivity index (χ0n) is 18.0. The first-order valence-electron chi connectivity index (χ1n) is 10.8. The number of benzene rings is 4. The number of carbonyl (C=O) groups excluding carboxylic acids is 1. The SMILES string of the molecule is C[C@@H](Cc1ccc2ccc3cccc4ccc1c2c34)OC(=O)N1CC[N+](C)(C)CC1. The van der Waals surface area contributed by atoms with E-state index in [0.717, 1.165) is 37.1 Å². The lowest BCUT2D eigenvalue weighted by atomic mass is 9.90. The van der Waals surface area contributed by atoms with E-state index in [4.69, 9.17) is 4.74 Å². The highest BCUT2D eigenvalue weighted by molar-refractivity contribution is 6.23. The zero-order valence-corrected chi connectivity index (χ0v) is 18.0. The van der Waals surface area contributed by atoms with Crippen LogP contribution in [-0.4, -0.2) is 61.9 Å². The lowest BCUT2D eigenvalue weighted by Gasteiger charge is -2.38. The van der Waals surface area contributed by atoms with Crippen LogP contribution in [0, 0.1) is 0 Å². The minimum Gasteiger partial charge on any atom is -0.446 e. The molecule has 0 aliphatic carbocycles. The molecule has 0 aromatic heterocycles. The molecule has 0 bridgehead atoms. The van der Waals surface area contributed by atoms with Crippen LogP contribution in [0.15, 0.2) is 54.6 Å². The van der Waals surface area contributed by atoms with Gasteiger partial charge in [-0.05, 0) is 44.8 Å². The summed E-state index contributed by atoms with van der Waals surface area (Å²) in [5.41, 5.74) is 1.23. The van der Waals surface area contributed by atoms with E-state index in [1.165, 1.54) is 37.9 Å². The Morgan fingerprint density at radius 1 is 0.933 bits per heavy atom. The molecular formula is C26H29N2O2+. The molecule has 4 nitrogen and oxygen atoms in total. The third kappa shape index (κ3) is 3.35. The Kier molecular flexibility index (Phi) is 4.55. The standard InChI is InChI=1S/C26H29N2O2/c1-18(30-26(29)27-13-15-28(2,3)16-14-27)17-22-10-9-21-8-7-19-5-4-6-20-11-12-23(22)25(21)24(19)20/h4-12,18H,13-17H2,1-3H3/q+1/t18-/m0/s1. The minimum atomic E-state index is -0.181. The molecule has 0 spiro atoms. The molecule has 0 unspecified atom stereocenters. The fourth-order valence-electron chi connectivity index (χ4n) is 4.76. The first kappa shape index (κ1) is 19.1. The highest BCUT2D eigenvalue weighted by atomic mass is 16.6. The number of hydrogen-bond acceptors (Lipinski definition) is 2. The first-order valence-corrected chi connectivity index (χ1v) is 10.8. The molecule has 0 N–H and O–H groups in total. The average Bonchev–Trinajstić information content (AvgIpc) is 2.73. The van der Waals surface area contributed by atoms with Crippen LogP contribution in [0.2, 0.25) is 0 Å². The van der Waals surface area contributed by atoms with Crippen molar-refractivity contribution in [2.24, 2.45) is 0 Å². The second-order valence-electron chi connectivity index (χ2n) is 9.35. The Morgan fingerprint density at radius 2 is 1.53 bits per heavy atom. The van der Waals surface area contributed by atoms with Gasteiger partial charge in [0.15, 0.2) is 0 Å². The van der Waals surface area contributed by atoms with E-state index in [1.807, 2.05) is 11.8 Å². The van der Waals surface area contributed by atoms with Crippen LogP contribution in [0.3, 0.4) is 0 Å². The summed E-state index contributed by atoms with van der Waals surface area (Å²) in [4.78, 5) is 14.5. The fraction of sp³-hybridized carbons (Fsp3) is 0.346. The summed E-state index contributed by atoms with van der Waals surface area (Å²) in [6.07, 6.45) is 0.371. The molecule has 1 saturated heterocycles. The van der Waals surface area contributed by atoms with Crippen molar-refractivity contribution in [3.8, 4) is 0 Å². The van der Waals surface area contributed by atoms with Crippen LogP contribution in [-0.2, 0) is 11.2 Å².